The van der Waals surface area contributed by atoms with Gasteiger partial charge in [0.2, 0.25) is 5.95 Å². The molecule has 0 saturated heterocycles. The van der Waals surface area contributed by atoms with Crippen LogP contribution in [0.2, 0.25) is 0 Å². The summed E-state index contributed by atoms with van der Waals surface area (Å²) in [4.78, 5) is 10.6. The fourth-order valence-electron chi connectivity index (χ4n) is 3.31. The van der Waals surface area contributed by atoms with E-state index >= 15 is 0 Å². The fraction of sp³-hybridized carbons (Fsp3) is 0.316. The van der Waals surface area contributed by atoms with E-state index in [0.717, 1.165) is 36.6 Å². The van der Waals surface area contributed by atoms with Crippen LogP contribution in [0.3, 0.4) is 0 Å². The average molecular weight is 368 g/mol. The van der Waals surface area contributed by atoms with Crippen molar-refractivity contribution < 1.29 is 9.13 Å². The van der Waals surface area contributed by atoms with Crippen LogP contribution in [-0.4, -0.2) is 38.3 Å². The summed E-state index contributed by atoms with van der Waals surface area (Å²) in [5.41, 5.74) is 2.94. The highest BCUT2D eigenvalue weighted by molar-refractivity contribution is 5.35. The standard InChI is InChI=1S/C19H21FN6O/c1-27-18-14(4-2-5-17(18)20)12-25-8-9-26-16(13-25)10-15(24-26)11-23-19-21-6-3-7-22-19/h2-7,10H,8-9,11-13H2,1H3,(H,21,22,23). The van der Waals surface area contributed by atoms with Crippen LogP contribution in [0, 0.1) is 5.82 Å². The topological polar surface area (TPSA) is 68.1 Å². The molecule has 3 heterocycles. The van der Waals surface area contributed by atoms with Crippen molar-refractivity contribution in [1.29, 1.82) is 0 Å². The van der Waals surface area contributed by atoms with E-state index in [9.17, 15) is 4.39 Å². The third-order valence-electron chi connectivity index (χ3n) is 4.57. The molecule has 27 heavy (non-hydrogen) atoms. The lowest BCUT2D eigenvalue weighted by molar-refractivity contribution is 0.202. The number of benzene rings is 1. The van der Waals surface area contributed by atoms with Gasteiger partial charge in [0.15, 0.2) is 11.6 Å². The Bertz CT molecular complexity index is 914. The number of para-hydroxylation sites is 1. The summed E-state index contributed by atoms with van der Waals surface area (Å²) in [6.45, 7) is 3.62. The predicted octanol–water partition coefficient (Wildman–Crippen LogP) is 2.45. The molecule has 0 radical (unpaired) electrons. The van der Waals surface area contributed by atoms with E-state index in [-0.39, 0.29) is 5.82 Å². The highest BCUT2D eigenvalue weighted by Gasteiger charge is 2.20. The van der Waals surface area contributed by atoms with Gasteiger partial charge in [-0.2, -0.15) is 5.10 Å². The van der Waals surface area contributed by atoms with E-state index in [1.807, 2.05) is 10.7 Å². The molecule has 1 aromatic carbocycles. The first-order chi connectivity index (χ1) is 13.2. The molecular weight excluding hydrogens is 347 g/mol. The highest BCUT2D eigenvalue weighted by atomic mass is 19.1. The number of nitrogens with one attached hydrogen (secondary N) is 1. The van der Waals surface area contributed by atoms with E-state index < -0.39 is 0 Å². The Kier molecular flexibility index (Phi) is 4.97. The molecule has 0 aliphatic carbocycles. The van der Waals surface area contributed by atoms with Crippen LogP contribution in [0.1, 0.15) is 17.0 Å². The molecule has 1 aliphatic heterocycles. The Morgan fingerprint density at radius 2 is 2.04 bits per heavy atom. The lowest BCUT2D eigenvalue weighted by atomic mass is 10.1. The third-order valence-corrected chi connectivity index (χ3v) is 4.57. The maximum Gasteiger partial charge on any atom is 0.222 e. The van der Waals surface area contributed by atoms with Gasteiger partial charge >= 0.3 is 0 Å². The number of hydrogen-bond acceptors (Lipinski definition) is 6. The second-order valence-electron chi connectivity index (χ2n) is 6.42. The molecule has 0 unspecified atom stereocenters. The van der Waals surface area contributed by atoms with Gasteiger partial charge in [-0.3, -0.25) is 9.58 Å². The first-order valence-corrected chi connectivity index (χ1v) is 8.83. The third kappa shape index (κ3) is 3.90. The molecule has 0 amide bonds. The zero-order valence-electron chi connectivity index (χ0n) is 15.1. The van der Waals surface area contributed by atoms with Crippen molar-refractivity contribution in [2.45, 2.75) is 26.2 Å². The van der Waals surface area contributed by atoms with Crippen LogP contribution < -0.4 is 10.1 Å². The maximum absolute atomic E-state index is 13.9. The molecule has 1 aliphatic rings. The molecule has 140 valence electrons. The summed E-state index contributed by atoms with van der Waals surface area (Å²) < 4.78 is 21.2. The van der Waals surface area contributed by atoms with Crippen molar-refractivity contribution in [3.63, 3.8) is 0 Å². The highest BCUT2D eigenvalue weighted by Crippen LogP contribution is 2.25. The molecule has 3 aromatic rings. The number of fused-ring (bicyclic) bond motifs is 1. The van der Waals surface area contributed by atoms with E-state index in [1.54, 1.807) is 24.5 Å². The second kappa shape index (κ2) is 7.71. The summed E-state index contributed by atoms with van der Waals surface area (Å²) in [6, 6.07) is 8.91. The van der Waals surface area contributed by atoms with Crippen LogP contribution >= 0.6 is 0 Å². The zero-order chi connectivity index (χ0) is 18.6. The summed E-state index contributed by atoms with van der Waals surface area (Å²) in [6.07, 6.45) is 3.40. The number of methoxy groups -OCH3 is 1. The Labute approximate surface area is 156 Å². The largest absolute Gasteiger partial charge is 0.493 e. The van der Waals surface area contributed by atoms with Gasteiger partial charge < -0.3 is 10.1 Å². The number of aromatic nitrogens is 4. The van der Waals surface area contributed by atoms with Crippen LogP contribution in [0.4, 0.5) is 10.3 Å². The summed E-state index contributed by atoms with van der Waals surface area (Å²) in [7, 11) is 1.50. The minimum atomic E-state index is -0.325. The van der Waals surface area contributed by atoms with E-state index in [0.29, 0.717) is 24.8 Å². The van der Waals surface area contributed by atoms with Crippen LogP contribution in [0.15, 0.2) is 42.7 Å². The molecule has 0 atom stereocenters. The van der Waals surface area contributed by atoms with Gasteiger partial charge in [-0.1, -0.05) is 12.1 Å². The van der Waals surface area contributed by atoms with Crippen molar-refractivity contribution in [3.05, 3.63) is 65.5 Å². The Morgan fingerprint density at radius 3 is 2.85 bits per heavy atom. The lowest BCUT2D eigenvalue weighted by Crippen LogP contribution is -2.33. The SMILES string of the molecule is COc1c(F)cccc1CN1CCn2nc(CNc3ncccn3)cc2C1. The quantitative estimate of drug-likeness (QED) is 0.721. The van der Waals surface area contributed by atoms with Gasteiger partial charge in [-0.15, -0.1) is 0 Å². The Hall–Kier alpha value is -3.00. The molecule has 7 nitrogen and oxygen atoms in total. The van der Waals surface area contributed by atoms with Crippen molar-refractivity contribution in [1.82, 2.24) is 24.6 Å². The number of nitrogens with zero attached hydrogens (tertiary/aromatic N) is 5. The number of halogens is 1. The second-order valence-corrected chi connectivity index (χ2v) is 6.42. The fourth-order valence-corrected chi connectivity index (χ4v) is 3.31. The Balaban J connectivity index is 1.41. The average Bonchev–Trinajstić information content (AvgIpc) is 3.10. The molecular formula is C19H21FN6O. The number of anilines is 1. The van der Waals surface area contributed by atoms with Gasteiger partial charge in [0.25, 0.3) is 0 Å². The smallest absolute Gasteiger partial charge is 0.222 e. The van der Waals surface area contributed by atoms with E-state index in [4.69, 9.17) is 4.74 Å². The summed E-state index contributed by atoms with van der Waals surface area (Å²) in [5, 5.41) is 7.81. The molecule has 8 heteroatoms. The molecule has 0 saturated carbocycles. The molecule has 4 rings (SSSR count). The number of hydrogen-bond donors (Lipinski definition) is 1. The number of rotatable bonds is 6. The Morgan fingerprint density at radius 1 is 1.19 bits per heavy atom. The number of ether oxygens (including phenoxy) is 1. The molecule has 0 bridgehead atoms. The first kappa shape index (κ1) is 17.4. The zero-order valence-corrected chi connectivity index (χ0v) is 15.1. The lowest BCUT2D eigenvalue weighted by Gasteiger charge is -2.28. The van der Waals surface area contributed by atoms with Gasteiger partial charge in [0.1, 0.15) is 0 Å². The van der Waals surface area contributed by atoms with E-state index in [2.05, 4.69) is 31.3 Å². The van der Waals surface area contributed by atoms with Crippen LogP contribution in [0.25, 0.3) is 0 Å². The van der Waals surface area contributed by atoms with Crippen LogP contribution in [-0.2, 0) is 26.2 Å². The van der Waals surface area contributed by atoms with E-state index in [1.165, 1.54) is 13.2 Å². The monoisotopic (exact) mass is 368 g/mol. The maximum atomic E-state index is 13.9. The summed E-state index contributed by atoms with van der Waals surface area (Å²) >= 11 is 0. The van der Waals surface area contributed by atoms with Gasteiger partial charge in [-0.25, -0.2) is 14.4 Å². The minimum absolute atomic E-state index is 0.323. The van der Waals surface area contributed by atoms with Gasteiger partial charge in [0.05, 0.1) is 31.6 Å². The first-order valence-electron chi connectivity index (χ1n) is 8.83. The molecule has 1 N–H and O–H groups in total. The van der Waals surface area contributed by atoms with Crippen molar-refractivity contribution in [2.24, 2.45) is 0 Å². The summed E-state index contributed by atoms with van der Waals surface area (Å²) in [5.74, 6) is 0.584. The van der Waals surface area contributed by atoms with Crippen molar-refractivity contribution in [2.75, 3.05) is 19.0 Å². The van der Waals surface area contributed by atoms with Crippen LogP contribution in [0.5, 0.6) is 5.75 Å². The molecule has 0 fully saturated rings. The predicted molar refractivity (Wildman–Crippen MR) is 98.7 cm³/mol. The van der Waals surface area contributed by atoms with Gasteiger partial charge in [-0.05, 0) is 18.2 Å². The minimum Gasteiger partial charge on any atom is -0.493 e. The normalized spacial score (nSPS) is 14.0. The van der Waals surface area contributed by atoms with Crippen molar-refractivity contribution in [3.8, 4) is 5.75 Å². The molecule has 2 aromatic heterocycles. The van der Waals surface area contributed by atoms with Gasteiger partial charge in [0, 0.05) is 37.6 Å². The molecule has 0 spiro atoms. The van der Waals surface area contributed by atoms with Crippen molar-refractivity contribution >= 4 is 5.95 Å².